The summed E-state index contributed by atoms with van der Waals surface area (Å²) in [6, 6.07) is 14.9. The van der Waals surface area contributed by atoms with E-state index in [-0.39, 0.29) is 11.8 Å². The van der Waals surface area contributed by atoms with E-state index in [0.717, 1.165) is 45.0 Å². The average Bonchev–Trinajstić information content (AvgIpc) is 2.78. The number of anilines is 4. The van der Waals surface area contributed by atoms with Crippen LogP contribution in [0, 0.1) is 27.7 Å². The van der Waals surface area contributed by atoms with Gasteiger partial charge in [-0.1, -0.05) is 6.07 Å². The summed E-state index contributed by atoms with van der Waals surface area (Å²) in [5.41, 5.74) is 8.54. The van der Waals surface area contributed by atoms with Crippen molar-refractivity contribution in [3.05, 3.63) is 81.9 Å². The van der Waals surface area contributed by atoms with Gasteiger partial charge in [0.15, 0.2) is 0 Å². The standard InChI is InChI=1S/C28H34N4O2/c1-17-12-23(31(5)6)13-18(2)25(17)29-27(33)21-10-9-11-22(16-21)28(34)30-26-19(3)14-24(32(7)8)15-20(26)4/h9-16H,1-8H3,(H,29,33)(H,30,34). The Balaban J connectivity index is 1.81. The van der Waals surface area contributed by atoms with Gasteiger partial charge in [-0.05, 0) is 92.4 Å². The second-order valence-electron chi connectivity index (χ2n) is 9.19. The number of nitrogens with one attached hydrogen (secondary N) is 2. The average molecular weight is 459 g/mol. The lowest BCUT2D eigenvalue weighted by atomic mass is 10.0. The zero-order chi connectivity index (χ0) is 25.2. The Bertz CT molecular complexity index is 1110. The van der Waals surface area contributed by atoms with E-state index < -0.39 is 0 Å². The number of carbonyl (C=O) groups is 2. The van der Waals surface area contributed by atoms with Crippen LogP contribution in [0.15, 0.2) is 48.5 Å². The molecule has 0 spiro atoms. The van der Waals surface area contributed by atoms with E-state index in [1.54, 1.807) is 24.3 Å². The molecular weight excluding hydrogens is 424 g/mol. The van der Waals surface area contributed by atoms with Crippen LogP contribution in [0.5, 0.6) is 0 Å². The molecule has 0 saturated heterocycles. The fourth-order valence-corrected chi connectivity index (χ4v) is 3.97. The van der Waals surface area contributed by atoms with Gasteiger partial charge in [0.25, 0.3) is 11.8 Å². The zero-order valence-electron chi connectivity index (χ0n) is 21.3. The van der Waals surface area contributed by atoms with Crippen LogP contribution in [-0.4, -0.2) is 40.0 Å². The topological polar surface area (TPSA) is 64.7 Å². The van der Waals surface area contributed by atoms with Crippen molar-refractivity contribution in [2.24, 2.45) is 0 Å². The number of rotatable bonds is 6. The first-order valence-corrected chi connectivity index (χ1v) is 11.3. The molecule has 34 heavy (non-hydrogen) atoms. The number of aryl methyl sites for hydroxylation is 4. The van der Waals surface area contributed by atoms with E-state index in [2.05, 4.69) is 10.6 Å². The second kappa shape index (κ2) is 10.00. The van der Waals surface area contributed by atoms with Crippen molar-refractivity contribution in [1.29, 1.82) is 0 Å². The Labute approximate surface area is 202 Å². The van der Waals surface area contributed by atoms with Gasteiger partial charge in [0, 0.05) is 62.1 Å². The fraction of sp³-hybridized carbons (Fsp3) is 0.286. The smallest absolute Gasteiger partial charge is 0.255 e. The molecule has 2 amide bonds. The summed E-state index contributed by atoms with van der Waals surface area (Å²) < 4.78 is 0. The van der Waals surface area contributed by atoms with Gasteiger partial charge in [-0.25, -0.2) is 0 Å². The lowest BCUT2D eigenvalue weighted by Crippen LogP contribution is -2.18. The third kappa shape index (κ3) is 5.39. The summed E-state index contributed by atoms with van der Waals surface area (Å²) in [5, 5.41) is 6.04. The fourth-order valence-electron chi connectivity index (χ4n) is 3.97. The second-order valence-corrected chi connectivity index (χ2v) is 9.19. The summed E-state index contributed by atoms with van der Waals surface area (Å²) in [7, 11) is 7.95. The van der Waals surface area contributed by atoms with Gasteiger partial charge in [-0.3, -0.25) is 9.59 Å². The Morgan fingerprint density at radius 2 is 0.912 bits per heavy atom. The minimum atomic E-state index is -0.249. The third-order valence-corrected chi connectivity index (χ3v) is 5.93. The van der Waals surface area contributed by atoms with Crippen LogP contribution in [0.2, 0.25) is 0 Å². The Hall–Kier alpha value is -3.80. The maximum atomic E-state index is 13.0. The highest BCUT2D eigenvalue weighted by Gasteiger charge is 2.16. The third-order valence-electron chi connectivity index (χ3n) is 5.93. The summed E-state index contributed by atoms with van der Waals surface area (Å²) in [6.07, 6.45) is 0. The number of hydrogen-bond donors (Lipinski definition) is 2. The van der Waals surface area contributed by atoms with Gasteiger partial charge in [0.2, 0.25) is 0 Å². The van der Waals surface area contributed by atoms with Crippen molar-refractivity contribution in [1.82, 2.24) is 0 Å². The van der Waals surface area contributed by atoms with Crippen molar-refractivity contribution in [2.45, 2.75) is 27.7 Å². The molecule has 0 aliphatic heterocycles. The molecule has 3 aromatic rings. The van der Waals surface area contributed by atoms with E-state index in [0.29, 0.717) is 11.1 Å². The van der Waals surface area contributed by atoms with Crippen molar-refractivity contribution >= 4 is 34.6 Å². The van der Waals surface area contributed by atoms with E-state index in [1.807, 2.05) is 90.0 Å². The van der Waals surface area contributed by atoms with Crippen molar-refractivity contribution in [3.8, 4) is 0 Å². The molecular formula is C28H34N4O2. The molecule has 0 aliphatic rings. The maximum Gasteiger partial charge on any atom is 0.255 e. The molecule has 3 rings (SSSR count). The summed E-state index contributed by atoms with van der Waals surface area (Å²) in [5.74, 6) is -0.498. The molecule has 3 aromatic carbocycles. The molecule has 0 bridgehead atoms. The lowest BCUT2D eigenvalue weighted by Gasteiger charge is -2.19. The van der Waals surface area contributed by atoms with E-state index in [1.165, 1.54) is 0 Å². The molecule has 0 radical (unpaired) electrons. The normalized spacial score (nSPS) is 10.6. The number of benzene rings is 3. The highest BCUT2D eigenvalue weighted by Crippen LogP contribution is 2.28. The first-order valence-electron chi connectivity index (χ1n) is 11.3. The minimum absolute atomic E-state index is 0.249. The molecule has 2 N–H and O–H groups in total. The van der Waals surface area contributed by atoms with Crippen LogP contribution < -0.4 is 20.4 Å². The number of amides is 2. The predicted molar refractivity (Wildman–Crippen MR) is 143 cm³/mol. The van der Waals surface area contributed by atoms with Crippen LogP contribution in [0.25, 0.3) is 0 Å². The van der Waals surface area contributed by atoms with E-state index >= 15 is 0 Å². The molecule has 0 unspecified atom stereocenters. The van der Waals surface area contributed by atoms with Gasteiger partial charge >= 0.3 is 0 Å². The first-order chi connectivity index (χ1) is 16.0. The Morgan fingerprint density at radius 3 is 1.21 bits per heavy atom. The van der Waals surface area contributed by atoms with Crippen LogP contribution in [0.4, 0.5) is 22.7 Å². The van der Waals surface area contributed by atoms with E-state index in [4.69, 9.17) is 0 Å². The van der Waals surface area contributed by atoms with Crippen LogP contribution in [0.1, 0.15) is 43.0 Å². The zero-order valence-corrected chi connectivity index (χ0v) is 21.3. The molecule has 0 heterocycles. The van der Waals surface area contributed by atoms with Gasteiger partial charge in [-0.15, -0.1) is 0 Å². The Morgan fingerprint density at radius 1 is 0.588 bits per heavy atom. The van der Waals surface area contributed by atoms with Crippen LogP contribution in [-0.2, 0) is 0 Å². The van der Waals surface area contributed by atoms with Crippen molar-refractivity contribution < 1.29 is 9.59 Å². The molecule has 0 fully saturated rings. The van der Waals surface area contributed by atoms with Gasteiger partial charge in [0.05, 0.1) is 0 Å². The van der Waals surface area contributed by atoms with E-state index in [9.17, 15) is 9.59 Å². The molecule has 0 saturated carbocycles. The molecule has 178 valence electrons. The SMILES string of the molecule is Cc1cc(N(C)C)cc(C)c1NC(=O)c1cccc(C(=O)Nc2c(C)cc(N(C)C)cc2C)c1. The van der Waals surface area contributed by atoms with Crippen molar-refractivity contribution in [3.63, 3.8) is 0 Å². The highest BCUT2D eigenvalue weighted by molar-refractivity contribution is 6.09. The number of nitrogens with zero attached hydrogens (tertiary/aromatic N) is 2. The van der Waals surface area contributed by atoms with Crippen molar-refractivity contribution in [2.75, 3.05) is 48.6 Å². The maximum absolute atomic E-state index is 13.0. The molecule has 0 atom stereocenters. The quantitative estimate of drug-likeness (QED) is 0.508. The van der Waals surface area contributed by atoms with Gasteiger partial charge in [-0.2, -0.15) is 0 Å². The lowest BCUT2D eigenvalue weighted by molar-refractivity contribution is 0.102. The van der Waals surface area contributed by atoms with Gasteiger partial charge in [0.1, 0.15) is 0 Å². The Kier molecular flexibility index (Phi) is 7.30. The highest BCUT2D eigenvalue weighted by atomic mass is 16.2. The molecule has 6 heteroatoms. The first kappa shape index (κ1) is 24.8. The summed E-state index contributed by atoms with van der Waals surface area (Å²) >= 11 is 0. The summed E-state index contributed by atoms with van der Waals surface area (Å²) in [6.45, 7) is 7.91. The molecule has 6 nitrogen and oxygen atoms in total. The molecule has 0 aromatic heterocycles. The summed E-state index contributed by atoms with van der Waals surface area (Å²) in [4.78, 5) is 30.1. The van der Waals surface area contributed by atoms with Gasteiger partial charge < -0.3 is 20.4 Å². The molecule has 0 aliphatic carbocycles. The number of hydrogen-bond acceptors (Lipinski definition) is 4. The van der Waals surface area contributed by atoms with Crippen LogP contribution in [0.3, 0.4) is 0 Å². The predicted octanol–water partition coefficient (Wildman–Crippen LogP) is 5.56. The number of carbonyl (C=O) groups excluding carboxylic acids is 2. The largest absolute Gasteiger partial charge is 0.378 e. The monoisotopic (exact) mass is 458 g/mol. The minimum Gasteiger partial charge on any atom is -0.378 e. The van der Waals surface area contributed by atoms with Crippen LogP contribution >= 0.6 is 0 Å².